The Labute approximate surface area is 181 Å². The zero-order chi connectivity index (χ0) is 21.4. The minimum atomic E-state index is 0.385. The summed E-state index contributed by atoms with van der Waals surface area (Å²) in [5.41, 5.74) is 18.5. The Morgan fingerprint density at radius 3 is 2.65 bits per heavy atom. The third-order valence-corrected chi connectivity index (χ3v) is 5.98. The van der Waals surface area contributed by atoms with E-state index in [2.05, 4.69) is 16.6 Å². The molecule has 1 aliphatic carbocycles. The molecule has 0 radical (unpaired) electrons. The molecule has 0 amide bonds. The lowest BCUT2D eigenvalue weighted by molar-refractivity contribution is 0.317. The number of aliphatic imine (C=N–C) groups is 1. The Morgan fingerprint density at radius 1 is 1.06 bits per heavy atom. The van der Waals surface area contributed by atoms with Crippen LogP contribution in [0.15, 0.2) is 90.1 Å². The monoisotopic (exact) mass is 408 g/mol. The SMILES string of the molecule is C=C(C1CCC1)N1C=CN=C(N)/C1=C(/N)c1ccc2ccc(-c3ccccn3)nc2c1. The average Bonchev–Trinajstić information content (AvgIpc) is 2.77. The Kier molecular flexibility index (Phi) is 4.75. The van der Waals surface area contributed by atoms with Gasteiger partial charge in [-0.3, -0.25) is 4.98 Å². The molecular formula is C25H24N6. The molecule has 154 valence electrons. The molecule has 3 aromatic rings. The number of benzene rings is 1. The number of nitrogens with two attached hydrogens (primary N) is 2. The van der Waals surface area contributed by atoms with Gasteiger partial charge in [0.25, 0.3) is 0 Å². The van der Waals surface area contributed by atoms with Crippen molar-refractivity contribution in [1.82, 2.24) is 14.9 Å². The van der Waals surface area contributed by atoms with E-state index in [-0.39, 0.29) is 0 Å². The second-order valence-corrected chi connectivity index (χ2v) is 7.88. The summed E-state index contributed by atoms with van der Waals surface area (Å²) in [5.74, 6) is 0.841. The fourth-order valence-electron chi connectivity index (χ4n) is 3.96. The highest BCUT2D eigenvalue weighted by atomic mass is 15.2. The Balaban J connectivity index is 1.57. The number of amidine groups is 1. The average molecular weight is 409 g/mol. The number of aromatic nitrogens is 2. The highest BCUT2D eigenvalue weighted by molar-refractivity contribution is 6.04. The summed E-state index contributed by atoms with van der Waals surface area (Å²) >= 11 is 0. The van der Waals surface area contributed by atoms with Crippen molar-refractivity contribution in [3.8, 4) is 11.4 Å². The van der Waals surface area contributed by atoms with Gasteiger partial charge in [0, 0.05) is 35.2 Å². The molecule has 1 fully saturated rings. The molecule has 0 bridgehead atoms. The van der Waals surface area contributed by atoms with Gasteiger partial charge in [0.05, 0.1) is 22.6 Å². The van der Waals surface area contributed by atoms with E-state index in [1.807, 2.05) is 59.6 Å². The summed E-state index contributed by atoms with van der Waals surface area (Å²) in [4.78, 5) is 15.5. The predicted molar refractivity (Wildman–Crippen MR) is 125 cm³/mol. The Bertz CT molecular complexity index is 1250. The zero-order valence-corrected chi connectivity index (χ0v) is 17.2. The van der Waals surface area contributed by atoms with Crippen LogP contribution in [-0.2, 0) is 0 Å². The van der Waals surface area contributed by atoms with E-state index < -0.39 is 0 Å². The molecule has 0 atom stereocenters. The van der Waals surface area contributed by atoms with Gasteiger partial charge in [0.2, 0.25) is 0 Å². The van der Waals surface area contributed by atoms with Crippen molar-refractivity contribution in [2.24, 2.45) is 22.4 Å². The van der Waals surface area contributed by atoms with Gasteiger partial charge in [0.1, 0.15) is 11.5 Å². The van der Waals surface area contributed by atoms with Crippen LogP contribution < -0.4 is 11.5 Å². The topological polar surface area (TPSA) is 93.4 Å². The largest absolute Gasteiger partial charge is 0.396 e. The lowest BCUT2D eigenvalue weighted by Gasteiger charge is -2.36. The smallest absolute Gasteiger partial charge is 0.149 e. The summed E-state index contributed by atoms with van der Waals surface area (Å²) in [6, 6.07) is 15.8. The van der Waals surface area contributed by atoms with Crippen LogP contribution in [0.2, 0.25) is 0 Å². The van der Waals surface area contributed by atoms with Gasteiger partial charge in [-0.1, -0.05) is 37.3 Å². The molecular weight excluding hydrogens is 384 g/mol. The van der Waals surface area contributed by atoms with Crippen LogP contribution in [-0.4, -0.2) is 20.7 Å². The van der Waals surface area contributed by atoms with E-state index in [1.165, 1.54) is 6.42 Å². The molecule has 0 spiro atoms. The van der Waals surface area contributed by atoms with Gasteiger partial charge >= 0.3 is 0 Å². The van der Waals surface area contributed by atoms with Gasteiger partial charge in [-0.05, 0) is 43.0 Å². The summed E-state index contributed by atoms with van der Waals surface area (Å²) in [7, 11) is 0. The molecule has 2 aliphatic rings. The molecule has 31 heavy (non-hydrogen) atoms. The lowest BCUT2D eigenvalue weighted by Crippen LogP contribution is -2.35. The molecule has 0 unspecified atom stereocenters. The van der Waals surface area contributed by atoms with E-state index in [1.54, 1.807) is 12.4 Å². The third kappa shape index (κ3) is 3.46. The van der Waals surface area contributed by atoms with Crippen molar-refractivity contribution in [3.63, 3.8) is 0 Å². The number of pyridine rings is 2. The van der Waals surface area contributed by atoms with Gasteiger partial charge in [-0.2, -0.15) is 0 Å². The first-order chi connectivity index (χ1) is 15.1. The Hall–Kier alpha value is -3.93. The maximum absolute atomic E-state index is 6.65. The first-order valence-electron chi connectivity index (χ1n) is 10.4. The molecule has 4 N–H and O–H groups in total. The van der Waals surface area contributed by atoms with E-state index in [9.17, 15) is 0 Å². The van der Waals surface area contributed by atoms with Crippen molar-refractivity contribution in [3.05, 3.63) is 90.7 Å². The van der Waals surface area contributed by atoms with Crippen molar-refractivity contribution < 1.29 is 0 Å². The molecule has 2 aromatic heterocycles. The van der Waals surface area contributed by atoms with Crippen LogP contribution in [0, 0.1) is 5.92 Å². The second-order valence-electron chi connectivity index (χ2n) is 7.88. The number of rotatable bonds is 4. The van der Waals surface area contributed by atoms with Crippen LogP contribution in [0.25, 0.3) is 28.0 Å². The van der Waals surface area contributed by atoms with Gasteiger partial charge in [-0.15, -0.1) is 0 Å². The minimum Gasteiger partial charge on any atom is -0.396 e. The maximum atomic E-state index is 6.65. The van der Waals surface area contributed by atoms with Crippen LogP contribution in [0.1, 0.15) is 24.8 Å². The first-order valence-corrected chi connectivity index (χ1v) is 10.4. The van der Waals surface area contributed by atoms with Gasteiger partial charge in [-0.25, -0.2) is 9.98 Å². The van der Waals surface area contributed by atoms with Crippen molar-refractivity contribution in [2.45, 2.75) is 19.3 Å². The molecule has 5 rings (SSSR count). The zero-order valence-electron chi connectivity index (χ0n) is 17.2. The van der Waals surface area contributed by atoms with Crippen molar-refractivity contribution in [2.75, 3.05) is 0 Å². The predicted octanol–water partition coefficient (Wildman–Crippen LogP) is 4.38. The lowest BCUT2D eigenvalue weighted by atomic mass is 9.82. The van der Waals surface area contributed by atoms with Crippen LogP contribution in [0.5, 0.6) is 0 Å². The fourth-order valence-corrected chi connectivity index (χ4v) is 3.96. The molecule has 1 aromatic carbocycles. The molecule has 6 heteroatoms. The first kappa shape index (κ1) is 19.1. The Morgan fingerprint density at radius 2 is 1.90 bits per heavy atom. The fraction of sp³-hybridized carbons (Fsp3) is 0.160. The molecule has 3 heterocycles. The highest BCUT2D eigenvalue weighted by Gasteiger charge is 2.29. The van der Waals surface area contributed by atoms with Crippen molar-refractivity contribution in [1.29, 1.82) is 0 Å². The van der Waals surface area contributed by atoms with Gasteiger partial charge < -0.3 is 16.4 Å². The number of hydrogen-bond donors (Lipinski definition) is 2. The summed E-state index contributed by atoms with van der Waals surface area (Å²) in [5, 5.41) is 1.03. The number of allylic oxidation sites excluding steroid dienone is 1. The minimum absolute atomic E-state index is 0.385. The summed E-state index contributed by atoms with van der Waals surface area (Å²) in [6.45, 7) is 4.31. The van der Waals surface area contributed by atoms with Crippen LogP contribution >= 0.6 is 0 Å². The third-order valence-electron chi connectivity index (χ3n) is 5.98. The van der Waals surface area contributed by atoms with Crippen LogP contribution in [0.3, 0.4) is 0 Å². The molecule has 1 saturated carbocycles. The van der Waals surface area contributed by atoms with Crippen LogP contribution in [0.4, 0.5) is 0 Å². The molecule has 6 nitrogen and oxygen atoms in total. The number of fused-ring (bicyclic) bond motifs is 1. The summed E-state index contributed by atoms with van der Waals surface area (Å²) < 4.78 is 0. The molecule has 1 aliphatic heterocycles. The van der Waals surface area contributed by atoms with E-state index in [0.717, 1.165) is 46.4 Å². The highest BCUT2D eigenvalue weighted by Crippen LogP contribution is 2.37. The summed E-state index contributed by atoms with van der Waals surface area (Å²) in [6.07, 6.45) is 8.86. The maximum Gasteiger partial charge on any atom is 0.149 e. The van der Waals surface area contributed by atoms with E-state index >= 15 is 0 Å². The number of nitrogens with zero attached hydrogens (tertiary/aromatic N) is 4. The number of hydrogen-bond acceptors (Lipinski definition) is 6. The quantitative estimate of drug-likeness (QED) is 0.668. The normalized spacial score (nSPS) is 17.9. The van der Waals surface area contributed by atoms with Crippen molar-refractivity contribution >= 4 is 22.4 Å². The standard InChI is InChI=1S/C25H24N6/c1-16(17-5-4-6-17)31-14-13-29-25(27)24(31)23(26)19-9-8-18-10-11-21(30-22(18)15-19)20-7-2-3-12-28-20/h2-3,7-15,17H,1,4-6,26H2,(H2,27,29)/b24-23-. The second kappa shape index (κ2) is 7.72. The van der Waals surface area contributed by atoms with Gasteiger partial charge in [0.15, 0.2) is 0 Å². The molecule has 0 saturated heterocycles. The van der Waals surface area contributed by atoms with E-state index in [4.69, 9.17) is 16.5 Å². The van der Waals surface area contributed by atoms with E-state index in [0.29, 0.717) is 23.1 Å².